The second kappa shape index (κ2) is 6.04. The average Bonchev–Trinajstić information content (AvgIpc) is 2.84. The summed E-state index contributed by atoms with van der Waals surface area (Å²) in [6.45, 7) is 8.81. The molecule has 3 nitrogen and oxygen atoms in total. The zero-order chi connectivity index (χ0) is 13.9. The van der Waals surface area contributed by atoms with E-state index in [0.717, 1.165) is 19.6 Å². The number of nitrogens with one attached hydrogen (secondary N) is 1. The van der Waals surface area contributed by atoms with Crippen LogP contribution in [0.5, 0.6) is 0 Å². The summed E-state index contributed by atoms with van der Waals surface area (Å²) in [6, 6.07) is 7.02. The van der Waals surface area contributed by atoms with Gasteiger partial charge in [-0.2, -0.15) is 0 Å². The minimum atomic E-state index is -0.146. The maximum Gasteiger partial charge on any atom is 0.106 e. The van der Waals surface area contributed by atoms with Gasteiger partial charge in [-0.3, -0.25) is 0 Å². The van der Waals surface area contributed by atoms with Gasteiger partial charge in [0, 0.05) is 32.7 Å². The molecule has 1 fully saturated rings. The van der Waals surface area contributed by atoms with Crippen molar-refractivity contribution in [2.45, 2.75) is 38.8 Å². The molecular formula is C16H25NO2. The highest BCUT2D eigenvalue weighted by Crippen LogP contribution is 2.23. The van der Waals surface area contributed by atoms with Crippen LogP contribution in [0.4, 0.5) is 0 Å². The number of methoxy groups -OCH3 is 1. The molecule has 1 aromatic carbocycles. The minimum absolute atomic E-state index is 0.146. The predicted molar refractivity (Wildman–Crippen MR) is 77.5 cm³/mol. The van der Waals surface area contributed by atoms with Gasteiger partial charge in [0.25, 0.3) is 0 Å². The zero-order valence-electron chi connectivity index (χ0n) is 12.5. The Balaban J connectivity index is 1.98. The second-order valence-electron chi connectivity index (χ2n) is 5.71. The first-order valence-corrected chi connectivity index (χ1v) is 6.99. The largest absolute Gasteiger partial charge is 0.378 e. The van der Waals surface area contributed by atoms with Gasteiger partial charge in [-0.1, -0.05) is 29.3 Å². The van der Waals surface area contributed by atoms with E-state index in [1.54, 1.807) is 7.11 Å². The number of rotatable bonds is 5. The highest BCUT2D eigenvalue weighted by atomic mass is 16.5. The van der Waals surface area contributed by atoms with Gasteiger partial charge >= 0.3 is 0 Å². The van der Waals surface area contributed by atoms with Crippen molar-refractivity contribution in [3.05, 3.63) is 34.9 Å². The van der Waals surface area contributed by atoms with Gasteiger partial charge in [-0.25, -0.2) is 0 Å². The first-order valence-electron chi connectivity index (χ1n) is 6.99. The van der Waals surface area contributed by atoms with Gasteiger partial charge in [0.05, 0.1) is 6.61 Å². The summed E-state index contributed by atoms with van der Waals surface area (Å²) >= 11 is 0. The first kappa shape index (κ1) is 14.5. The van der Waals surface area contributed by atoms with Crippen LogP contribution in [0.25, 0.3) is 0 Å². The van der Waals surface area contributed by atoms with Gasteiger partial charge in [0.15, 0.2) is 0 Å². The van der Waals surface area contributed by atoms with Gasteiger partial charge in [0.1, 0.15) is 5.60 Å². The molecule has 2 unspecified atom stereocenters. The molecule has 1 saturated heterocycles. The Morgan fingerprint density at radius 1 is 1.32 bits per heavy atom. The van der Waals surface area contributed by atoms with Crippen LogP contribution in [0.15, 0.2) is 18.2 Å². The van der Waals surface area contributed by atoms with Crippen molar-refractivity contribution in [3.63, 3.8) is 0 Å². The van der Waals surface area contributed by atoms with Crippen LogP contribution in [-0.2, 0) is 9.47 Å². The molecule has 0 amide bonds. The van der Waals surface area contributed by atoms with Crippen molar-refractivity contribution in [2.24, 2.45) is 0 Å². The molecule has 1 aromatic rings. The quantitative estimate of drug-likeness (QED) is 0.886. The maximum atomic E-state index is 5.64. The molecule has 0 spiro atoms. The average molecular weight is 263 g/mol. The van der Waals surface area contributed by atoms with Crippen LogP contribution in [0.3, 0.4) is 0 Å². The van der Waals surface area contributed by atoms with Crippen molar-refractivity contribution >= 4 is 0 Å². The first-order chi connectivity index (χ1) is 9.04. The fourth-order valence-corrected chi connectivity index (χ4v) is 2.68. The lowest BCUT2D eigenvalue weighted by atomic mass is 10.00. The summed E-state index contributed by atoms with van der Waals surface area (Å²) in [6.07, 6.45) is 0.968. The van der Waals surface area contributed by atoms with E-state index in [1.807, 2.05) is 0 Å². The summed E-state index contributed by atoms with van der Waals surface area (Å²) < 4.78 is 11.1. The normalized spacial score (nSPS) is 24.6. The maximum absolute atomic E-state index is 5.64. The molecule has 106 valence electrons. The highest BCUT2D eigenvalue weighted by Gasteiger charge is 2.34. The standard InChI is InChI=1S/C16H25NO2/c1-12-7-13(2)9-15(8-12)14(3)17-10-16(18-4)5-6-19-11-16/h7-9,14,17H,5-6,10-11H2,1-4H3. The Hall–Kier alpha value is -0.900. The lowest BCUT2D eigenvalue weighted by Crippen LogP contribution is -2.43. The molecule has 0 bridgehead atoms. The lowest BCUT2D eigenvalue weighted by molar-refractivity contribution is -0.0172. The number of hydrogen-bond acceptors (Lipinski definition) is 3. The summed E-state index contributed by atoms with van der Waals surface area (Å²) in [7, 11) is 1.78. The third-order valence-electron chi connectivity index (χ3n) is 3.97. The molecule has 1 N–H and O–H groups in total. The third kappa shape index (κ3) is 3.56. The van der Waals surface area contributed by atoms with Gasteiger partial charge in [-0.15, -0.1) is 0 Å². The summed E-state index contributed by atoms with van der Waals surface area (Å²) in [4.78, 5) is 0. The smallest absolute Gasteiger partial charge is 0.106 e. The molecule has 19 heavy (non-hydrogen) atoms. The minimum Gasteiger partial charge on any atom is -0.378 e. The molecular weight excluding hydrogens is 238 g/mol. The molecule has 1 heterocycles. The second-order valence-corrected chi connectivity index (χ2v) is 5.71. The van der Waals surface area contributed by atoms with Crippen molar-refractivity contribution in [1.82, 2.24) is 5.32 Å². The Labute approximate surface area is 116 Å². The third-order valence-corrected chi connectivity index (χ3v) is 3.97. The van der Waals surface area contributed by atoms with E-state index in [0.29, 0.717) is 12.6 Å². The number of ether oxygens (including phenoxy) is 2. The molecule has 2 rings (SSSR count). The van der Waals surface area contributed by atoms with Crippen LogP contribution < -0.4 is 5.32 Å². The van der Waals surface area contributed by atoms with Gasteiger partial charge in [-0.05, 0) is 26.3 Å². The SMILES string of the molecule is COC1(CNC(C)c2cc(C)cc(C)c2)CCOC1. The van der Waals surface area contributed by atoms with Crippen LogP contribution in [0, 0.1) is 13.8 Å². The highest BCUT2D eigenvalue weighted by molar-refractivity contribution is 5.30. The molecule has 0 radical (unpaired) electrons. The number of benzene rings is 1. The van der Waals surface area contributed by atoms with E-state index in [4.69, 9.17) is 9.47 Å². The Bertz CT molecular complexity index is 405. The van der Waals surface area contributed by atoms with Crippen molar-refractivity contribution in [1.29, 1.82) is 0 Å². The molecule has 1 aliphatic rings. The summed E-state index contributed by atoms with van der Waals surface area (Å²) in [5.41, 5.74) is 3.82. The topological polar surface area (TPSA) is 30.5 Å². The summed E-state index contributed by atoms with van der Waals surface area (Å²) in [5, 5.41) is 3.58. The molecule has 0 aromatic heterocycles. The van der Waals surface area contributed by atoms with E-state index in [-0.39, 0.29) is 5.60 Å². The van der Waals surface area contributed by atoms with E-state index >= 15 is 0 Å². The van der Waals surface area contributed by atoms with E-state index in [1.165, 1.54) is 16.7 Å². The number of aryl methyl sites for hydroxylation is 2. The molecule has 0 aliphatic carbocycles. The molecule has 2 atom stereocenters. The van der Waals surface area contributed by atoms with Crippen molar-refractivity contribution in [2.75, 3.05) is 26.9 Å². The fraction of sp³-hybridized carbons (Fsp3) is 0.625. The van der Waals surface area contributed by atoms with E-state index in [9.17, 15) is 0 Å². The van der Waals surface area contributed by atoms with E-state index < -0.39 is 0 Å². The van der Waals surface area contributed by atoms with Crippen molar-refractivity contribution in [3.8, 4) is 0 Å². The Morgan fingerprint density at radius 3 is 2.53 bits per heavy atom. The van der Waals surface area contributed by atoms with Crippen LogP contribution in [-0.4, -0.2) is 32.5 Å². The fourth-order valence-electron chi connectivity index (χ4n) is 2.68. The molecule has 3 heteroatoms. The van der Waals surface area contributed by atoms with Gasteiger partial charge in [0.2, 0.25) is 0 Å². The van der Waals surface area contributed by atoms with Gasteiger partial charge < -0.3 is 14.8 Å². The van der Waals surface area contributed by atoms with Crippen molar-refractivity contribution < 1.29 is 9.47 Å². The zero-order valence-corrected chi connectivity index (χ0v) is 12.5. The lowest BCUT2D eigenvalue weighted by Gasteiger charge is -2.28. The summed E-state index contributed by atoms with van der Waals surface area (Å²) in [5.74, 6) is 0. The predicted octanol–water partition coefficient (Wildman–Crippen LogP) is 2.76. The molecule has 0 saturated carbocycles. The van der Waals surface area contributed by atoms with Crippen LogP contribution >= 0.6 is 0 Å². The number of hydrogen-bond donors (Lipinski definition) is 1. The monoisotopic (exact) mass is 263 g/mol. The Morgan fingerprint density at radius 2 is 2.00 bits per heavy atom. The van der Waals surface area contributed by atoms with Crippen LogP contribution in [0.2, 0.25) is 0 Å². The van der Waals surface area contributed by atoms with E-state index in [2.05, 4.69) is 44.3 Å². The van der Waals surface area contributed by atoms with Crippen LogP contribution in [0.1, 0.15) is 36.1 Å². The Kier molecular flexibility index (Phi) is 4.61. The molecule has 1 aliphatic heterocycles.